The van der Waals surface area contributed by atoms with Crippen molar-refractivity contribution in [2.75, 3.05) is 11.1 Å². The van der Waals surface area contributed by atoms with Gasteiger partial charge in [-0.2, -0.15) is 0 Å². The topological polar surface area (TPSA) is 168 Å². The lowest BCUT2D eigenvalue weighted by Gasteiger charge is -2.36. The van der Waals surface area contributed by atoms with Gasteiger partial charge >= 0.3 is 5.97 Å². The number of fused-ring (bicyclic) bond motifs is 2. The van der Waals surface area contributed by atoms with Gasteiger partial charge in [0, 0.05) is 23.6 Å². The molecule has 11 nitrogen and oxygen atoms in total. The first kappa shape index (κ1) is 29.7. The molecule has 0 amide bonds. The Labute approximate surface area is 245 Å². The van der Waals surface area contributed by atoms with Crippen molar-refractivity contribution >= 4 is 27.5 Å². The molecule has 0 spiro atoms. The molecule has 3 atom stereocenters. The summed E-state index contributed by atoms with van der Waals surface area (Å²) in [5.74, 6) is -1.27. The third-order valence-corrected chi connectivity index (χ3v) is 10.8. The Hall–Kier alpha value is -3.77. The van der Waals surface area contributed by atoms with Crippen molar-refractivity contribution in [1.82, 2.24) is 10.0 Å². The average molecular weight is 597 g/mol. The zero-order valence-corrected chi connectivity index (χ0v) is 24.4. The number of carboxylic acid groups (broad SMARTS) is 1. The fourth-order valence-electron chi connectivity index (χ4n) is 6.53. The van der Waals surface area contributed by atoms with Gasteiger partial charge in [-0.15, -0.1) is 0 Å². The molecule has 0 aromatic heterocycles. The molecule has 3 fully saturated rings. The van der Waals surface area contributed by atoms with E-state index in [1.165, 1.54) is 0 Å². The number of sulfonamides is 1. The molecule has 0 saturated heterocycles. The van der Waals surface area contributed by atoms with Gasteiger partial charge in [-0.25, -0.2) is 13.1 Å². The van der Waals surface area contributed by atoms with Gasteiger partial charge < -0.3 is 15.7 Å². The highest BCUT2D eigenvalue weighted by atomic mass is 32.2. The van der Waals surface area contributed by atoms with E-state index in [-0.39, 0.29) is 24.2 Å². The molecule has 1 unspecified atom stereocenters. The summed E-state index contributed by atoms with van der Waals surface area (Å²) in [6.07, 6.45) is 4.46. The second kappa shape index (κ2) is 11.1. The van der Waals surface area contributed by atoms with Crippen molar-refractivity contribution < 1.29 is 28.0 Å². The molecule has 0 aliphatic heterocycles. The lowest BCUT2D eigenvalue weighted by Crippen LogP contribution is -2.49. The van der Waals surface area contributed by atoms with Crippen molar-refractivity contribution in [2.24, 2.45) is 16.7 Å². The van der Waals surface area contributed by atoms with E-state index in [1.54, 1.807) is 18.2 Å². The molecule has 224 valence electrons. The minimum absolute atomic E-state index is 0.0416. The van der Waals surface area contributed by atoms with Crippen LogP contribution in [0.2, 0.25) is 0 Å². The summed E-state index contributed by atoms with van der Waals surface area (Å²) in [5, 5.41) is 27.0. The van der Waals surface area contributed by atoms with Gasteiger partial charge in [-0.05, 0) is 72.3 Å². The first-order valence-electron chi connectivity index (χ1n) is 14.1. The number of ketones is 1. The van der Waals surface area contributed by atoms with Crippen LogP contribution in [0.4, 0.5) is 5.69 Å². The number of Topliss-reactive ketones (excluding diaryl/α,β-unsaturated/α-hetero) is 1. The Kier molecular flexibility index (Phi) is 7.88. The zero-order chi connectivity index (χ0) is 30.3. The molecule has 0 heterocycles. The number of carboxylic acids is 1. The molecule has 3 saturated carbocycles. The summed E-state index contributed by atoms with van der Waals surface area (Å²) in [6.45, 7) is 3.89. The van der Waals surface area contributed by atoms with E-state index in [1.807, 2.05) is 44.2 Å². The molecule has 2 aromatic rings. The summed E-state index contributed by atoms with van der Waals surface area (Å²) in [5.41, 5.74) is 1.54. The third kappa shape index (κ3) is 6.19. The second-order valence-corrected chi connectivity index (χ2v) is 14.0. The smallest absolute Gasteiger partial charge is 0.322 e. The van der Waals surface area contributed by atoms with E-state index in [9.17, 15) is 33.2 Å². The maximum atomic E-state index is 13.2. The number of nitrogens with one attached hydrogen (secondary N) is 3. The van der Waals surface area contributed by atoms with Crippen molar-refractivity contribution in [3.05, 3.63) is 76.2 Å². The summed E-state index contributed by atoms with van der Waals surface area (Å²) >= 11 is 0. The van der Waals surface area contributed by atoms with Crippen molar-refractivity contribution in [3.8, 4) is 11.1 Å². The van der Waals surface area contributed by atoms with E-state index in [2.05, 4.69) is 15.4 Å². The van der Waals surface area contributed by atoms with Crippen LogP contribution in [-0.4, -0.2) is 48.0 Å². The van der Waals surface area contributed by atoms with Gasteiger partial charge in [-0.3, -0.25) is 19.7 Å². The highest BCUT2D eigenvalue weighted by molar-refractivity contribution is 7.89. The molecular weight excluding hydrogens is 560 g/mol. The number of carbonyl (C=O) groups excluding carboxylic acids is 1. The Morgan fingerprint density at radius 2 is 1.86 bits per heavy atom. The minimum Gasteiger partial charge on any atom is -0.480 e. The summed E-state index contributed by atoms with van der Waals surface area (Å²) in [7, 11) is -4.07. The number of carbonyl (C=O) groups is 2. The Morgan fingerprint density at radius 1 is 1.14 bits per heavy atom. The van der Waals surface area contributed by atoms with Crippen molar-refractivity contribution in [2.45, 2.75) is 64.5 Å². The molecule has 42 heavy (non-hydrogen) atoms. The summed E-state index contributed by atoms with van der Waals surface area (Å²) in [6, 6.07) is 13.3. The molecule has 2 bridgehead atoms. The van der Waals surface area contributed by atoms with E-state index in [0.717, 1.165) is 36.6 Å². The van der Waals surface area contributed by atoms with Gasteiger partial charge in [0.2, 0.25) is 10.0 Å². The lowest BCUT2D eigenvalue weighted by molar-refractivity contribution is -0.403. The molecule has 2 aromatic carbocycles. The number of aliphatic carboxylic acids is 1. The molecular formula is C30H36N4O7S. The third-order valence-electron chi connectivity index (χ3n) is 9.24. The highest BCUT2D eigenvalue weighted by Gasteiger charge is 2.65. The van der Waals surface area contributed by atoms with Crippen LogP contribution >= 0.6 is 0 Å². The van der Waals surface area contributed by atoms with Crippen LogP contribution in [0, 0.1) is 26.9 Å². The Balaban J connectivity index is 1.26. The molecule has 5 rings (SSSR count). The molecule has 12 heteroatoms. The number of nitrogens with zero attached hydrogens (tertiary/aromatic N) is 1. The average Bonchev–Trinajstić information content (AvgIpc) is 3.66. The predicted octanol–water partition coefficient (Wildman–Crippen LogP) is 3.90. The second-order valence-electron chi connectivity index (χ2n) is 12.3. The van der Waals surface area contributed by atoms with Crippen LogP contribution in [0.1, 0.15) is 51.5 Å². The van der Waals surface area contributed by atoms with Gasteiger partial charge in [0.05, 0.1) is 10.7 Å². The first-order chi connectivity index (χ1) is 19.8. The SMILES string of the molecule is CC1(C)C2CC[C@@]1(CS(=O)(=O)N[C@@H](Cc1ccc(-c3cccc(N/C(=C/[N+](=O)[O-])NC4CC4)c3)cc1)C(=O)O)C(=O)C2. The van der Waals surface area contributed by atoms with Crippen LogP contribution in [-0.2, 0) is 26.0 Å². The lowest BCUT2D eigenvalue weighted by atomic mass is 9.70. The maximum Gasteiger partial charge on any atom is 0.322 e. The van der Waals surface area contributed by atoms with Crippen LogP contribution in [0.25, 0.3) is 11.1 Å². The standard InChI is InChI=1S/C30H36N4O7S/c1-29(2)22-12-13-30(29,26(35)16-22)18-42(40,41)33-25(28(36)37)14-19-6-8-20(9-7-19)21-4-3-5-24(15-21)32-27(17-34(38)39)31-23-10-11-23/h3-9,15,17,22-23,25,31-33H,10-14,16,18H2,1-2H3,(H,36,37)/b27-17+/t22?,25-,30+/m0/s1. The number of hydrogen-bond donors (Lipinski definition) is 4. The van der Waals surface area contributed by atoms with E-state index < -0.39 is 43.5 Å². The molecule has 3 aliphatic carbocycles. The summed E-state index contributed by atoms with van der Waals surface area (Å²) in [4.78, 5) is 35.4. The fourth-order valence-corrected chi connectivity index (χ4v) is 8.56. The minimum atomic E-state index is -4.07. The monoisotopic (exact) mass is 596 g/mol. The van der Waals surface area contributed by atoms with Crippen LogP contribution in [0.5, 0.6) is 0 Å². The fraction of sp³-hybridized carbons (Fsp3) is 0.467. The molecule has 4 N–H and O–H groups in total. The summed E-state index contributed by atoms with van der Waals surface area (Å²) < 4.78 is 28.8. The van der Waals surface area contributed by atoms with Crippen molar-refractivity contribution in [3.63, 3.8) is 0 Å². The number of anilines is 1. The van der Waals surface area contributed by atoms with Crippen LogP contribution < -0.4 is 15.4 Å². The van der Waals surface area contributed by atoms with Gasteiger partial charge in [-0.1, -0.05) is 50.2 Å². The zero-order valence-electron chi connectivity index (χ0n) is 23.6. The largest absolute Gasteiger partial charge is 0.480 e. The van der Waals surface area contributed by atoms with Gasteiger partial charge in [0.1, 0.15) is 11.8 Å². The number of nitro groups is 1. The molecule has 0 radical (unpaired) electrons. The Bertz CT molecular complexity index is 1530. The number of hydrogen-bond acceptors (Lipinski definition) is 8. The van der Waals surface area contributed by atoms with E-state index in [0.29, 0.717) is 29.9 Å². The molecule has 3 aliphatic rings. The highest BCUT2D eigenvalue weighted by Crippen LogP contribution is 2.64. The quantitative estimate of drug-likeness (QED) is 0.198. The van der Waals surface area contributed by atoms with Gasteiger partial charge in [0.25, 0.3) is 6.20 Å². The van der Waals surface area contributed by atoms with Crippen molar-refractivity contribution in [1.29, 1.82) is 0 Å². The normalized spacial score (nSPS) is 23.9. The Morgan fingerprint density at radius 3 is 2.43 bits per heavy atom. The van der Waals surface area contributed by atoms with Gasteiger partial charge in [0.15, 0.2) is 5.82 Å². The van der Waals surface area contributed by atoms with E-state index >= 15 is 0 Å². The van der Waals surface area contributed by atoms with E-state index in [4.69, 9.17) is 0 Å². The van der Waals surface area contributed by atoms with Crippen LogP contribution in [0.3, 0.4) is 0 Å². The number of rotatable bonds is 13. The first-order valence-corrected chi connectivity index (χ1v) is 15.8. The number of benzene rings is 2. The maximum absolute atomic E-state index is 13.2. The van der Waals surface area contributed by atoms with Crippen LogP contribution in [0.15, 0.2) is 60.6 Å². The predicted molar refractivity (Wildman–Crippen MR) is 157 cm³/mol.